The Morgan fingerprint density at radius 1 is 0.490 bits per heavy atom. The topological polar surface area (TPSA) is 358 Å². The van der Waals surface area contributed by atoms with Crippen molar-refractivity contribution in [1.82, 2.24) is 59.2 Å². The molecule has 0 fully saturated rings. The molecule has 0 atom stereocenters. The van der Waals surface area contributed by atoms with Gasteiger partial charge in [0.05, 0.1) is 69.8 Å². The van der Waals surface area contributed by atoms with Crippen LogP contribution in [0.3, 0.4) is 0 Å². The molecular weight excluding hydrogens is 1570 g/mol. The summed E-state index contributed by atoms with van der Waals surface area (Å²) < 4.78 is 145. The molecule has 0 aliphatic rings. The Balaban J connectivity index is 0.000000226. The zero-order valence-corrected chi connectivity index (χ0v) is 58.8. The number of aromatic amines is 3. The standard InChI is InChI=1S/C18H14Cl2F2N4O5S.C18H14Cl2F2N4O3S.C17H12Cl2F2N4O6S.BCl3/c1-3-32(29,30)12-6-13(23-7-8(12)2)31-15-10(19)4-9(5-11(15)20)26-18(28)24-17(27)14(25-26)16(21)22;1-3-30-12-6-13(23-7-8(12)2)29-15-10(19)4-9(5-11(15)20)26-18(28)24-17(27)14(25-26)16(21)22;1-2-32(29,30)11-5-12(22-6-10(11)26)31-14-8(18)3-7(4-9(14)19)25-17(28)23-16(27)13(24-25)15(20)21;2-1(3)4/h4-7,16H,3H2,1-2H3,(H,24,27,28);4-7,16H,3H2,1-2H3,(H,24,27,28);3-6,15,26H,2H2,1H3,(H,23,27,28);. The molecule has 9 rings (SSSR count). The lowest BCUT2D eigenvalue weighted by molar-refractivity contribution is 0.141. The average Bonchev–Trinajstić information content (AvgIpc) is 0.800. The van der Waals surface area contributed by atoms with Crippen LogP contribution in [-0.2, 0) is 19.7 Å². The van der Waals surface area contributed by atoms with Crippen LogP contribution in [0.1, 0.15) is 68.3 Å². The van der Waals surface area contributed by atoms with E-state index < -0.39 is 105 Å². The van der Waals surface area contributed by atoms with E-state index in [2.05, 4.69) is 30.2 Å². The zero-order valence-electron chi connectivity index (χ0n) is 49.5. The van der Waals surface area contributed by atoms with Gasteiger partial charge < -0.3 is 19.3 Å². The third kappa shape index (κ3) is 20.0. The highest BCUT2D eigenvalue weighted by Crippen LogP contribution is 2.42. The van der Waals surface area contributed by atoms with E-state index in [0.717, 1.165) is 52.7 Å². The van der Waals surface area contributed by atoms with Gasteiger partial charge in [0, 0.05) is 35.5 Å². The van der Waals surface area contributed by atoms with Crippen molar-refractivity contribution in [2.45, 2.75) is 68.6 Å². The number of aromatic nitrogens is 12. The zero-order chi connectivity index (χ0) is 73.2. The van der Waals surface area contributed by atoms with Gasteiger partial charge in [-0.15, -0.1) is 11.8 Å². The lowest BCUT2D eigenvalue weighted by atomic mass is 10.3. The highest BCUT2D eigenvalue weighted by molar-refractivity contribution is 7.99. The van der Waals surface area contributed by atoms with Crippen LogP contribution < -0.4 is 48.0 Å². The number of aromatic hydroxyl groups is 1. The van der Waals surface area contributed by atoms with Gasteiger partial charge in [0.15, 0.2) is 59.8 Å². The van der Waals surface area contributed by atoms with Crippen LogP contribution in [0.15, 0.2) is 117 Å². The lowest BCUT2D eigenvalue weighted by Gasteiger charge is -2.13. The number of hydrogen-bond donors (Lipinski definition) is 4. The second-order valence-corrected chi connectivity index (χ2v) is 28.9. The van der Waals surface area contributed by atoms with E-state index in [9.17, 15) is 77.1 Å². The van der Waals surface area contributed by atoms with Gasteiger partial charge >= 0.3 is 22.0 Å². The average molecular weight is 1610 g/mol. The smallest absolute Gasteiger partial charge is 0.450 e. The molecule has 0 spiro atoms. The fourth-order valence-corrected chi connectivity index (χ4v) is 12.1. The fourth-order valence-electron chi connectivity index (χ4n) is 7.56. The van der Waals surface area contributed by atoms with Crippen LogP contribution in [0.5, 0.6) is 40.6 Å². The largest absolute Gasteiger partial charge is 0.505 e. The number of nitrogens with one attached hydrogen (secondary N) is 3. The van der Waals surface area contributed by atoms with Gasteiger partial charge in [-0.3, -0.25) is 29.3 Å². The third-order valence-corrected chi connectivity index (χ3v) is 18.4. The summed E-state index contributed by atoms with van der Waals surface area (Å²) in [4.78, 5) is 87.4. The fraction of sp³-hybridized carbons (Fsp3) is 0.208. The summed E-state index contributed by atoms with van der Waals surface area (Å²) in [7, 11) is -7.35. The van der Waals surface area contributed by atoms with Gasteiger partial charge in [-0.1, -0.05) is 90.4 Å². The molecule has 0 aliphatic carbocycles. The van der Waals surface area contributed by atoms with E-state index in [1.54, 1.807) is 45.9 Å². The summed E-state index contributed by atoms with van der Waals surface area (Å²) in [6.45, 7) is 8.40. The molecule has 0 radical (unpaired) electrons. The number of nitrogens with zero attached hydrogens (tertiary/aromatic N) is 9. The lowest BCUT2D eigenvalue weighted by Crippen LogP contribution is -2.34. The van der Waals surface area contributed by atoms with Crippen molar-refractivity contribution in [2.75, 3.05) is 17.3 Å². The number of rotatable bonds is 18. The first-order valence-electron chi connectivity index (χ1n) is 26.5. The van der Waals surface area contributed by atoms with E-state index >= 15 is 0 Å². The normalized spacial score (nSPS) is 11.3. The van der Waals surface area contributed by atoms with Crippen LogP contribution in [0, 0.1) is 13.8 Å². The van der Waals surface area contributed by atoms with Gasteiger partial charge in [-0.05, 0) is 67.1 Å². The molecule has 522 valence electrons. The Labute approximate surface area is 595 Å². The molecule has 9 aromatic rings. The minimum absolute atomic E-state index is 0.0110. The summed E-state index contributed by atoms with van der Waals surface area (Å²) >= 11 is 53.2. The number of aryl methyl sites for hydroxylation is 2. The van der Waals surface area contributed by atoms with Crippen LogP contribution in [0.25, 0.3) is 17.1 Å². The molecule has 0 unspecified atom stereocenters. The summed E-state index contributed by atoms with van der Waals surface area (Å²) in [5.74, 6) is -0.528. The van der Waals surface area contributed by atoms with E-state index in [1.807, 2.05) is 13.8 Å². The quantitative estimate of drug-likeness (QED) is 0.0352. The first kappa shape index (κ1) is 79.6. The summed E-state index contributed by atoms with van der Waals surface area (Å²) in [6.07, 6.45) is -5.81. The number of H-pyrrole nitrogens is 3. The monoisotopic (exact) mass is 1600 g/mol. The molecular formula is C53H40BCl9F6N12O14S3. The second kappa shape index (κ2) is 34.1. The van der Waals surface area contributed by atoms with Gasteiger partial charge in [0.1, 0.15) is 4.90 Å². The van der Waals surface area contributed by atoms with Crippen molar-refractivity contribution in [3.63, 3.8) is 0 Å². The molecule has 4 N–H and O–H groups in total. The Bertz CT molecular complexity index is 4840. The predicted molar refractivity (Wildman–Crippen MR) is 356 cm³/mol. The Morgan fingerprint density at radius 2 is 0.776 bits per heavy atom. The highest BCUT2D eigenvalue weighted by atomic mass is 35.6. The Morgan fingerprint density at radius 3 is 1.08 bits per heavy atom. The number of alkyl halides is 6. The van der Waals surface area contributed by atoms with E-state index in [-0.39, 0.29) is 98.5 Å². The Hall–Kier alpha value is -7.36. The minimum Gasteiger partial charge on any atom is -0.505 e. The number of sulfone groups is 2. The number of thioether (sulfide) groups is 1. The number of benzene rings is 3. The van der Waals surface area contributed by atoms with E-state index in [0.29, 0.717) is 19.6 Å². The first-order valence-corrected chi connectivity index (χ1v) is 34.4. The minimum atomic E-state index is -3.80. The van der Waals surface area contributed by atoms with Crippen LogP contribution in [0.4, 0.5) is 26.3 Å². The molecule has 6 aromatic heterocycles. The van der Waals surface area contributed by atoms with Gasteiger partial charge in [-0.25, -0.2) is 72.5 Å². The predicted octanol–water partition coefficient (Wildman–Crippen LogP) is 12.8. The summed E-state index contributed by atoms with van der Waals surface area (Å²) in [6, 6.07) is 10.9. The molecule has 0 bridgehead atoms. The number of pyridine rings is 3. The number of hydrogen-bond acceptors (Lipinski definition) is 21. The van der Waals surface area contributed by atoms with Crippen LogP contribution in [-0.4, -0.2) is 103 Å². The first-order chi connectivity index (χ1) is 45.8. The molecule has 98 heavy (non-hydrogen) atoms. The molecule has 0 amide bonds. The molecule has 3 aromatic carbocycles. The molecule has 45 heteroatoms. The molecule has 0 aliphatic heterocycles. The molecule has 0 saturated carbocycles. The summed E-state index contributed by atoms with van der Waals surface area (Å²) in [5, 5.41) is 19.1. The van der Waals surface area contributed by atoms with Crippen molar-refractivity contribution in [1.29, 1.82) is 0 Å². The maximum absolute atomic E-state index is 13.0. The van der Waals surface area contributed by atoms with Crippen LogP contribution >= 0.6 is 116 Å². The van der Waals surface area contributed by atoms with Crippen molar-refractivity contribution in [3.05, 3.63) is 194 Å². The van der Waals surface area contributed by atoms with E-state index in [1.165, 1.54) is 38.2 Å². The maximum Gasteiger partial charge on any atom is 0.450 e. The number of ether oxygens (including phenoxy) is 3. The Kier molecular flexibility index (Phi) is 27.7. The maximum atomic E-state index is 13.0. The third-order valence-electron chi connectivity index (χ3n) is 12.1. The SMILES string of the molecule is CCS(=O)(=O)c1cc(Oc2c(Cl)cc(-n3nc(C(F)F)c(=O)[nH]c3=O)cc2Cl)ncc1C.CCS(=O)(=O)c1cc(Oc2c(Cl)cc(-n3nc(C(F)F)c(=O)[nH]c3=O)cc2Cl)ncc1O.CCSc1cc(Oc2c(Cl)cc(-n3nc(C(F)F)c(=O)[nH]c3=O)cc2Cl)ncc1C.ClB(Cl)Cl. The van der Waals surface area contributed by atoms with Crippen molar-refractivity contribution in [3.8, 4) is 57.7 Å². The van der Waals surface area contributed by atoms with Crippen molar-refractivity contribution in [2.24, 2.45) is 0 Å². The molecule has 26 nitrogen and oxygen atoms in total. The van der Waals surface area contributed by atoms with Crippen molar-refractivity contribution < 1.29 is 62.5 Å². The highest BCUT2D eigenvalue weighted by Gasteiger charge is 2.26. The van der Waals surface area contributed by atoms with Crippen LogP contribution in [0.2, 0.25) is 30.1 Å². The van der Waals surface area contributed by atoms with Gasteiger partial charge in [0.2, 0.25) is 17.6 Å². The molecule has 6 heterocycles. The van der Waals surface area contributed by atoms with Gasteiger partial charge in [0.25, 0.3) is 36.0 Å². The molecule has 0 saturated heterocycles. The van der Waals surface area contributed by atoms with Crippen molar-refractivity contribution >= 4 is 140 Å². The van der Waals surface area contributed by atoms with E-state index in [4.69, 9.17) is 118 Å². The number of halogens is 15. The second-order valence-electron chi connectivity index (χ2n) is 18.6. The summed E-state index contributed by atoms with van der Waals surface area (Å²) in [5.41, 5.74) is -9.51. The van der Waals surface area contributed by atoms with Gasteiger partial charge in [-0.2, -0.15) is 63.7 Å².